The summed E-state index contributed by atoms with van der Waals surface area (Å²) in [6.45, 7) is 5.59. The highest BCUT2D eigenvalue weighted by molar-refractivity contribution is 5.95. The molecule has 0 saturated carbocycles. The summed E-state index contributed by atoms with van der Waals surface area (Å²) in [6.07, 6.45) is 5.03. The Bertz CT molecular complexity index is 1390. The molecule has 0 radical (unpaired) electrons. The van der Waals surface area contributed by atoms with Crippen LogP contribution in [-0.4, -0.2) is 41.0 Å². The van der Waals surface area contributed by atoms with E-state index in [1.54, 1.807) is 18.6 Å². The van der Waals surface area contributed by atoms with Crippen LogP contribution in [0, 0.1) is 5.41 Å². The lowest BCUT2D eigenvalue weighted by Crippen LogP contribution is -2.27. The molecule has 9 heteroatoms. The number of carbonyl (C=O) groups is 1. The quantitative estimate of drug-likeness (QED) is 0.412. The van der Waals surface area contributed by atoms with E-state index in [4.69, 9.17) is 4.98 Å². The Hall–Kier alpha value is -4.14. The molecular weight excluding hydrogens is 392 g/mol. The summed E-state index contributed by atoms with van der Waals surface area (Å²) in [5.74, 6) is 0.513. The van der Waals surface area contributed by atoms with Crippen molar-refractivity contribution >= 4 is 33.8 Å². The largest absolute Gasteiger partial charge is 0.335 e. The molecule has 0 atom stereocenters. The second kappa shape index (κ2) is 6.98. The van der Waals surface area contributed by atoms with Gasteiger partial charge in [0, 0.05) is 23.4 Å². The summed E-state index contributed by atoms with van der Waals surface area (Å²) in [4.78, 5) is 33.4. The van der Waals surface area contributed by atoms with Crippen LogP contribution in [0.25, 0.3) is 45.0 Å². The summed E-state index contributed by atoms with van der Waals surface area (Å²) >= 11 is 0. The minimum Gasteiger partial charge on any atom is -0.335 e. The summed E-state index contributed by atoms with van der Waals surface area (Å²) in [6, 6.07) is 9.42. The van der Waals surface area contributed by atoms with Gasteiger partial charge in [-0.05, 0) is 30.3 Å². The van der Waals surface area contributed by atoms with E-state index in [1.165, 1.54) is 0 Å². The van der Waals surface area contributed by atoms with Crippen LogP contribution in [0.15, 0.2) is 48.9 Å². The first-order valence-electron chi connectivity index (χ1n) is 9.81. The van der Waals surface area contributed by atoms with Gasteiger partial charge in [0.15, 0.2) is 17.2 Å². The zero-order chi connectivity index (χ0) is 21.6. The van der Waals surface area contributed by atoms with Crippen LogP contribution in [0.1, 0.15) is 20.8 Å². The lowest BCUT2D eigenvalue weighted by atomic mass is 9.95. The maximum absolute atomic E-state index is 12.3. The molecule has 9 nitrogen and oxygen atoms in total. The molecule has 1 amide bonds. The van der Waals surface area contributed by atoms with E-state index in [0.29, 0.717) is 34.1 Å². The molecule has 3 N–H and O–H groups in total. The number of imidazole rings is 1. The second-order valence-corrected chi connectivity index (χ2v) is 8.29. The van der Waals surface area contributed by atoms with Gasteiger partial charge in [-0.1, -0.05) is 20.8 Å². The number of pyridine rings is 3. The molecule has 0 aliphatic rings. The Morgan fingerprint density at radius 2 is 1.94 bits per heavy atom. The normalized spacial score (nSPS) is 11.8. The van der Waals surface area contributed by atoms with Gasteiger partial charge in [0.2, 0.25) is 5.91 Å². The number of anilines is 1. The van der Waals surface area contributed by atoms with Gasteiger partial charge in [0.25, 0.3) is 0 Å². The number of rotatable bonds is 3. The van der Waals surface area contributed by atoms with Crippen molar-refractivity contribution < 1.29 is 4.79 Å². The van der Waals surface area contributed by atoms with E-state index >= 15 is 0 Å². The molecule has 0 fully saturated rings. The third-order valence-corrected chi connectivity index (χ3v) is 4.86. The number of nitrogens with one attached hydrogen (secondary N) is 3. The number of carbonyl (C=O) groups excluding carboxylic acids is 1. The molecule has 0 spiro atoms. The molecular formula is C22H20N8O. The van der Waals surface area contributed by atoms with Gasteiger partial charge >= 0.3 is 0 Å². The molecule has 5 aromatic heterocycles. The summed E-state index contributed by atoms with van der Waals surface area (Å²) in [5, 5.41) is 10.3. The molecule has 5 aromatic rings. The van der Waals surface area contributed by atoms with Gasteiger partial charge in [-0.15, -0.1) is 0 Å². The number of H-pyrrole nitrogens is 2. The monoisotopic (exact) mass is 412 g/mol. The Morgan fingerprint density at radius 3 is 2.74 bits per heavy atom. The summed E-state index contributed by atoms with van der Waals surface area (Å²) in [5.41, 5.74) is 5.15. The smallest absolute Gasteiger partial charge is 0.229 e. The number of nitrogens with zero attached hydrogens (tertiary/aromatic N) is 5. The zero-order valence-corrected chi connectivity index (χ0v) is 17.3. The third kappa shape index (κ3) is 3.50. The Balaban J connectivity index is 1.54. The molecule has 0 unspecified atom stereocenters. The fourth-order valence-corrected chi connectivity index (χ4v) is 3.15. The fourth-order valence-electron chi connectivity index (χ4n) is 3.15. The van der Waals surface area contributed by atoms with Gasteiger partial charge in [0.05, 0.1) is 28.6 Å². The third-order valence-electron chi connectivity index (χ3n) is 4.86. The molecule has 154 valence electrons. The van der Waals surface area contributed by atoms with Gasteiger partial charge in [-0.2, -0.15) is 5.10 Å². The maximum atomic E-state index is 12.3. The number of aromatic nitrogens is 7. The van der Waals surface area contributed by atoms with E-state index in [0.717, 1.165) is 16.6 Å². The van der Waals surface area contributed by atoms with Crippen molar-refractivity contribution in [3.05, 3.63) is 48.9 Å². The number of hydrogen-bond donors (Lipinski definition) is 3. The number of aromatic amines is 2. The number of hydrogen-bond acceptors (Lipinski definition) is 6. The molecule has 31 heavy (non-hydrogen) atoms. The Morgan fingerprint density at radius 1 is 1.06 bits per heavy atom. The number of fused-ring (bicyclic) bond motifs is 2. The van der Waals surface area contributed by atoms with Crippen molar-refractivity contribution in [1.82, 2.24) is 35.1 Å². The molecule has 0 bridgehead atoms. The van der Waals surface area contributed by atoms with E-state index in [-0.39, 0.29) is 5.91 Å². The molecule has 5 rings (SSSR count). The van der Waals surface area contributed by atoms with Crippen molar-refractivity contribution in [2.45, 2.75) is 20.8 Å². The van der Waals surface area contributed by atoms with E-state index in [9.17, 15) is 4.79 Å². The highest BCUT2D eigenvalue weighted by atomic mass is 16.2. The SMILES string of the molecule is CC(C)(C)C(=O)Nc1cncc(-c2ccc3[nH]nc(-c4nc5ncccc5[nH]4)c3n2)c1. The van der Waals surface area contributed by atoms with Crippen molar-refractivity contribution in [2.24, 2.45) is 5.41 Å². The lowest BCUT2D eigenvalue weighted by molar-refractivity contribution is -0.123. The minimum atomic E-state index is -0.500. The highest BCUT2D eigenvalue weighted by Crippen LogP contribution is 2.28. The Kier molecular flexibility index (Phi) is 4.25. The fraction of sp³-hybridized carbons (Fsp3) is 0.182. The van der Waals surface area contributed by atoms with E-state index in [1.807, 2.05) is 51.1 Å². The molecule has 0 aliphatic carbocycles. The summed E-state index contributed by atoms with van der Waals surface area (Å²) < 4.78 is 0. The standard InChI is InChI=1S/C22H20N8O/c1-22(2,3)21(31)25-13-9-12(10-23-11-13)14-6-7-15-17(26-14)18(30-29-15)20-27-16-5-4-8-24-19(16)28-20/h4-11H,1-3H3,(H,25,31)(H,29,30)(H,24,27,28). The predicted molar refractivity (Wildman–Crippen MR) is 118 cm³/mol. The summed E-state index contributed by atoms with van der Waals surface area (Å²) in [7, 11) is 0. The zero-order valence-electron chi connectivity index (χ0n) is 17.3. The number of amides is 1. The first kappa shape index (κ1) is 18.9. The lowest BCUT2D eigenvalue weighted by Gasteiger charge is -2.17. The van der Waals surface area contributed by atoms with Crippen molar-refractivity contribution in [1.29, 1.82) is 0 Å². The average Bonchev–Trinajstić information content (AvgIpc) is 3.36. The Labute approximate surface area is 177 Å². The van der Waals surface area contributed by atoms with Crippen LogP contribution in [-0.2, 0) is 4.79 Å². The van der Waals surface area contributed by atoms with Crippen LogP contribution >= 0.6 is 0 Å². The topological polar surface area (TPSA) is 125 Å². The van der Waals surface area contributed by atoms with Crippen LogP contribution in [0.3, 0.4) is 0 Å². The van der Waals surface area contributed by atoms with Gasteiger partial charge in [-0.3, -0.25) is 14.9 Å². The molecule has 0 aliphatic heterocycles. The van der Waals surface area contributed by atoms with Gasteiger partial charge in [-0.25, -0.2) is 15.0 Å². The minimum absolute atomic E-state index is 0.0783. The van der Waals surface area contributed by atoms with Crippen LogP contribution in [0.5, 0.6) is 0 Å². The highest BCUT2D eigenvalue weighted by Gasteiger charge is 2.21. The van der Waals surface area contributed by atoms with Crippen LogP contribution in [0.4, 0.5) is 5.69 Å². The predicted octanol–water partition coefficient (Wildman–Crippen LogP) is 3.94. The van der Waals surface area contributed by atoms with Crippen molar-refractivity contribution in [2.75, 3.05) is 5.32 Å². The molecule has 0 aromatic carbocycles. The van der Waals surface area contributed by atoms with Crippen LogP contribution < -0.4 is 5.32 Å². The van der Waals surface area contributed by atoms with E-state index < -0.39 is 5.41 Å². The second-order valence-electron chi connectivity index (χ2n) is 8.29. The van der Waals surface area contributed by atoms with Crippen molar-refractivity contribution in [3.63, 3.8) is 0 Å². The van der Waals surface area contributed by atoms with E-state index in [2.05, 4.69) is 35.5 Å². The van der Waals surface area contributed by atoms with Crippen molar-refractivity contribution in [3.8, 4) is 22.8 Å². The molecule has 0 saturated heterocycles. The first-order valence-corrected chi connectivity index (χ1v) is 9.81. The molecule has 5 heterocycles. The van der Waals surface area contributed by atoms with Gasteiger partial charge < -0.3 is 10.3 Å². The average molecular weight is 412 g/mol. The maximum Gasteiger partial charge on any atom is 0.229 e. The van der Waals surface area contributed by atoms with Crippen LogP contribution in [0.2, 0.25) is 0 Å². The first-order chi connectivity index (χ1) is 14.9. The van der Waals surface area contributed by atoms with Gasteiger partial charge in [0.1, 0.15) is 5.52 Å².